The number of carbonyl (C=O) groups excluding carboxylic acids is 1. The van der Waals surface area contributed by atoms with E-state index in [-0.39, 0.29) is 11.9 Å². The fraction of sp³-hybridized carbons (Fsp3) is 0.353. The SMILES string of the molecule is COC(=O)C1CCn2c(nnc2Cn2ccc3ccccc32)C1. The van der Waals surface area contributed by atoms with Crippen molar-refractivity contribution < 1.29 is 9.53 Å². The highest BCUT2D eigenvalue weighted by Crippen LogP contribution is 2.23. The number of aromatic nitrogens is 4. The average molecular weight is 310 g/mol. The molecule has 0 spiro atoms. The summed E-state index contributed by atoms with van der Waals surface area (Å²) in [6.45, 7) is 1.44. The topological polar surface area (TPSA) is 61.9 Å². The van der Waals surface area contributed by atoms with Gasteiger partial charge in [-0.25, -0.2) is 0 Å². The van der Waals surface area contributed by atoms with E-state index in [1.54, 1.807) is 0 Å². The van der Waals surface area contributed by atoms with Crippen LogP contribution in [0.3, 0.4) is 0 Å². The van der Waals surface area contributed by atoms with Crippen molar-refractivity contribution in [2.24, 2.45) is 5.92 Å². The van der Waals surface area contributed by atoms with Gasteiger partial charge in [0.2, 0.25) is 0 Å². The Labute approximate surface area is 133 Å². The third kappa shape index (κ3) is 2.40. The Kier molecular flexibility index (Phi) is 3.37. The summed E-state index contributed by atoms with van der Waals surface area (Å²) < 4.78 is 9.16. The zero-order chi connectivity index (χ0) is 15.8. The van der Waals surface area contributed by atoms with Gasteiger partial charge in [0.1, 0.15) is 5.82 Å². The molecule has 0 radical (unpaired) electrons. The molecule has 6 heteroatoms. The van der Waals surface area contributed by atoms with Crippen molar-refractivity contribution in [2.75, 3.05) is 7.11 Å². The Morgan fingerprint density at radius 3 is 3.04 bits per heavy atom. The van der Waals surface area contributed by atoms with Crippen molar-refractivity contribution >= 4 is 16.9 Å². The van der Waals surface area contributed by atoms with Gasteiger partial charge >= 0.3 is 5.97 Å². The molecule has 6 nitrogen and oxygen atoms in total. The van der Waals surface area contributed by atoms with Crippen LogP contribution in [0.25, 0.3) is 10.9 Å². The first kappa shape index (κ1) is 14.0. The molecule has 2 aromatic heterocycles. The summed E-state index contributed by atoms with van der Waals surface area (Å²) in [6.07, 6.45) is 3.45. The van der Waals surface area contributed by atoms with Crippen LogP contribution in [-0.4, -0.2) is 32.4 Å². The van der Waals surface area contributed by atoms with Crippen molar-refractivity contribution in [1.82, 2.24) is 19.3 Å². The molecule has 0 aliphatic carbocycles. The van der Waals surface area contributed by atoms with Crippen LogP contribution in [0.5, 0.6) is 0 Å². The number of methoxy groups -OCH3 is 1. The summed E-state index contributed by atoms with van der Waals surface area (Å²) in [4.78, 5) is 11.7. The zero-order valence-electron chi connectivity index (χ0n) is 13.0. The monoisotopic (exact) mass is 310 g/mol. The van der Waals surface area contributed by atoms with Crippen LogP contribution < -0.4 is 0 Å². The fourth-order valence-electron chi connectivity index (χ4n) is 3.30. The van der Waals surface area contributed by atoms with Gasteiger partial charge in [0.15, 0.2) is 5.82 Å². The van der Waals surface area contributed by atoms with Gasteiger partial charge in [-0.3, -0.25) is 4.79 Å². The van der Waals surface area contributed by atoms with Crippen LogP contribution in [0.1, 0.15) is 18.1 Å². The van der Waals surface area contributed by atoms with Gasteiger partial charge < -0.3 is 13.9 Å². The van der Waals surface area contributed by atoms with Crippen molar-refractivity contribution in [3.8, 4) is 0 Å². The lowest BCUT2D eigenvalue weighted by molar-refractivity contribution is -0.146. The maximum atomic E-state index is 11.7. The Hall–Kier alpha value is -2.63. The molecule has 1 aliphatic rings. The standard InChI is InChI=1S/C17H18N4O2/c1-23-17(22)13-7-9-21-15(10-13)18-19-16(21)11-20-8-6-12-4-2-3-5-14(12)20/h2-6,8,13H,7,9-11H2,1H3. The molecule has 0 amide bonds. The summed E-state index contributed by atoms with van der Waals surface area (Å²) >= 11 is 0. The predicted molar refractivity (Wildman–Crippen MR) is 84.9 cm³/mol. The maximum absolute atomic E-state index is 11.7. The van der Waals surface area contributed by atoms with Gasteiger partial charge in [-0.1, -0.05) is 18.2 Å². The highest BCUT2D eigenvalue weighted by atomic mass is 16.5. The molecule has 0 saturated heterocycles. The fourth-order valence-corrected chi connectivity index (χ4v) is 3.30. The van der Waals surface area contributed by atoms with E-state index in [9.17, 15) is 4.79 Å². The predicted octanol–water partition coefficient (Wildman–Crippen LogP) is 2.02. The molecule has 1 unspecified atom stereocenters. The minimum absolute atomic E-state index is 0.100. The van der Waals surface area contributed by atoms with E-state index in [2.05, 4.69) is 43.7 Å². The van der Waals surface area contributed by atoms with Crippen molar-refractivity contribution in [1.29, 1.82) is 0 Å². The number of carbonyl (C=O) groups is 1. The van der Waals surface area contributed by atoms with E-state index >= 15 is 0 Å². The summed E-state index contributed by atoms with van der Waals surface area (Å²) in [6, 6.07) is 10.4. The highest BCUT2D eigenvalue weighted by molar-refractivity contribution is 5.80. The minimum atomic E-state index is -0.155. The van der Waals surface area contributed by atoms with E-state index in [1.807, 2.05) is 12.1 Å². The Morgan fingerprint density at radius 1 is 1.30 bits per heavy atom. The first-order chi connectivity index (χ1) is 11.3. The van der Waals surface area contributed by atoms with Crippen LogP contribution in [0.15, 0.2) is 36.5 Å². The third-order valence-electron chi connectivity index (χ3n) is 4.56. The number of rotatable bonds is 3. The smallest absolute Gasteiger partial charge is 0.309 e. The second kappa shape index (κ2) is 5.53. The zero-order valence-corrected chi connectivity index (χ0v) is 13.0. The molecule has 0 saturated carbocycles. The molecule has 1 aromatic carbocycles. The molecular formula is C17H18N4O2. The quantitative estimate of drug-likeness (QED) is 0.694. The Morgan fingerprint density at radius 2 is 2.17 bits per heavy atom. The van der Waals surface area contributed by atoms with Gasteiger partial charge in [0.05, 0.1) is 19.6 Å². The van der Waals surface area contributed by atoms with Gasteiger partial charge in [-0.2, -0.15) is 0 Å². The van der Waals surface area contributed by atoms with Gasteiger partial charge in [-0.15, -0.1) is 10.2 Å². The lowest BCUT2D eigenvalue weighted by Crippen LogP contribution is -2.27. The number of ether oxygens (including phenoxy) is 1. The number of nitrogens with zero attached hydrogens (tertiary/aromatic N) is 4. The molecule has 23 heavy (non-hydrogen) atoms. The number of esters is 1. The molecule has 0 N–H and O–H groups in total. The number of hydrogen-bond donors (Lipinski definition) is 0. The summed E-state index contributed by atoms with van der Waals surface area (Å²) in [5, 5.41) is 9.83. The van der Waals surface area contributed by atoms with Crippen LogP contribution in [-0.2, 0) is 29.0 Å². The van der Waals surface area contributed by atoms with E-state index < -0.39 is 0 Å². The molecule has 1 aliphatic heterocycles. The average Bonchev–Trinajstić information content (AvgIpc) is 3.19. The summed E-state index contributed by atoms with van der Waals surface area (Å²) in [5.41, 5.74) is 1.19. The number of fused-ring (bicyclic) bond motifs is 2. The normalized spacial score (nSPS) is 17.2. The summed E-state index contributed by atoms with van der Waals surface area (Å²) in [5.74, 6) is 1.55. The first-order valence-corrected chi connectivity index (χ1v) is 7.79. The Bertz CT molecular complexity index is 864. The molecular weight excluding hydrogens is 292 g/mol. The molecule has 118 valence electrons. The lowest BCUT2D eigenvalue weighted by Gasteiger charge is -2.21. The number of hydrogen-bond acceptors (Lipinski definition) is 4. The molecule has 3 heterocycles. The van der Waals surface area contributed by atoms with E-state index in [1.165, 1.54) is 18.0 Å². The summed E-state index contributed by atoms with van der Waals surface area (Å²) in [7, 11) is 1.43. The second-order valence-electron chi connectivity index (χ2n) is 5.90. The number of benzene rings is 1. The molecule has 0 fully saturated rings. The third-order valence-corrected chi connectivity index (χ3v) is 4.56. The van der Waals surface area contributed by atoms with Crippen molar-refractivity contribution in [3.63, 3.8) is 0 Å². The number of para-hydroxylation sites is 1. The Balaban J connectivity index is 1.60. The van der Waals surface area contributed by atoms with E-state index in [4.69, 9.17) is 4.74 Å². The van der Waals surface area contributed by atoms with Crippen LogP contribution in [0.2, 0.25) is 0 Å². The van der Waals surface area contributed by atoms with Gasteiger partial charge in [0, 0.05) is 24.7 Å². The second-order valence-corrected chi connectivity index (χ2v) is 5.90. The van der Waals surface area contributed by atoms with Crippen molar-refractivity contribution in [2.45, 2.75) is 25.9 Å². The van der Waals surface area contributed by atoms with Crippen molar-refractivity contribution in [3.05, 3.63) is 48.2 Å². The van der Waals surface area contributed by atoms with Crippen LogP contribution in [0.4, 0.5) is 0 Å². The largest absolute Gasteiger partial charge is 0.469 e. The molecule has 1 atom stereocenters. The first-order valence-electron chi connectivity index (χ1n) is 7.79. The van der Waals surface area contributed by atoms with Gasteiger partial charge in [0.25, 0.3) is 0 Å². The van der Waals surface area contributed by atoms with E-state index in [0.717, 1.165) is 24.6 Å². The van der Waals surface area contributed by atoms with E-state index in [0.29, 0.717) is 13.0 Å². The van der Waals surface area contributed by atoms with Crippen LogP contribution in [0, 0.1) is 5.92 Å². The van der Waals surface area contributed by atoms with Crippen LogP contribution >= 0.6 is 0 Å². The maximum Gasteiger partial charge on any atom is 0.309 e. The molecule has 3 aromatic rings. The minimum Gasteiger partial charge on any atom is -0.469 e. The highest BCUT2D eigenvalue weighted by Gasteiger charge is 2.28. The molecule has 4 rings (SSSR count). The van der Waals surface area contributed by atoms with Gasteiger partial charge in [-0.05, 0) is 23.9 Å². The lowest BCUT2D eigenvalue weighted by atomic mass is 9.98. The molecule has 0 bridgehead atoms.